The fourth-order valence-corrected chi connectivity index (χ4v) is 3.17. The third kappa shape index (κ3) is 4.09. The first-order valence-corrected chi connectivity index (χ1v) is 9.78. The summed E-state index contributed by atoms with van der Waals surface area (Å²) in [6, 6.07) is 19.0. The molecule has 0 aliphatic heterocycles. The first-order valence-electron chi connectivity index (χ1n) is 9.78. The molecule has 1 amide bonds. The van der Waals surface area contributed by atoms with Gasteiger partial charge in [-0.3, -0.25) is 9.48 Å². The van der Waals surface area contributed by atoms with Gasteiger partial charge >= 0.3 is 5.97 Å². The highest BCUT2D eigenvalue weighted by Gasteiger charge is 2.23. The molecule has 0 spiro atoms. The molecule has 0 aliphatic carbocycles. The van der Waals surface area contributed by atoms with Crippen molar-refractivity contribution in [2.75, 3.05) is 12.4 Å². The Balaban J connectivity index is 1.75. The van der Waals surface area contributed by atoms with Crippen LogP contribution in [0.5, 0.6) is 0 Å². The second kappa shape index (κ2) is 8.66. The lowest BCUT2D eigenvalue weighted by Crippen LogP contribution is -2.15. The summed E-state index contributed by atoms with van der Waals surface area (Å²) in [6.07, 6.45) is 3.28. The van der Waals surface area contributed by atoms with Crippen LogP contribution in [0.4, 0.5) is 5.69 Å². The van der Waals surface area contributed by atoms with E-state index >= 15 is 0 Å². The van der Waals surface area contributed by atoms with Crippen molar-refractivity contribution in [3.05, 3.63) is 84.3 Å². The minimum atomic E-state index is -0.620. The molecule has 2 aromatic heterocycles. The Labute approximate surface area is 179 Å². The fourth-order valence-electron chi connectivity index (χ4n) is 3.17. The van der Waals surface area contributed by atoms with Gasteiger partial charge in [-0.2, -0.15) is 10.2 Å². The van der Waals surface area contributed by atoms with Crippen molar-refractivity contribution in [3.8, 4) is 16.9 Å². The highest BCUT2D eigenvalue weighted by Crippen LogP contribution is 2.25. The van der Waals surface area contributed by atoms with Gasteiger partial charge < -0.3 is 10.1 Å². The zero-order valence-corrected chi connectivity index (χ0v) is 17.1. The number of aryl methyl sites for hydroxylation is 1. The van der Waals surface area contributed by atoms with E-state index < -0.39 is 11.9 Å². The van der Waals surface area contributed by atoms with Crippen LogP contribution < -0.4 is 5.32 Å². The number of aromatic nitrogens is 4. The molecule has 4 rings (SSSR count). The smallest absolute Gasteiger partial charge is 0.360 e. The molecule has 1 N–H and O–H groups in total. The van der Waals surface area contributed by atoms with Crippen LogP contribution in [0.15, 0.2) is 73.1 Å². The lowest BCUT2D eigenvalue weighted by molar-refractivity contribution is 0.0594. The third-order valence-electron chi connectivity index (χ3n) is 4.74. The number of carbonyl (C=O) groups excluding carboxylic acids is 2. The first-order chi connectivity index (χ1) is 15.1. The lowest BCUT2D eigenvalue weighted by atomic mass is 10.1. The van der Waals surface area contributed by atoms with Gasteiger partial charge in [-0.15, -0.1) is 0 Å². The minimum absolute atomic E-state index is 0.0504. The summed E-state index contributed by atoms with van der Waals surface area (Å²) in [4.78, 5) is 25.4. The number of hydrogen-bond acceptors (Lipinski definition) is 5. The first kappa shape index (κ1) is 20.1. The van der Waals surface area contributed by atoms with Crippen molar-refractivity contribution in [1.82, 2.24) is 19.6 Å². The third-order valence-corrected chi connectivity index (χ3v) is 4.74. The quantitative estimate of drug-likeness (QED) is 0.484. The normalized spacial score (nSPS) is 10.6. The Bertz CT molecular complexity index is 1210. The van der Waals surface area contributed by atoms with Crippen molar-refractivity contribution in [3.63, 3.8) is 0 Å². The molecule has 0 saturated heterocycles. The zero-order valence-electron chi connectivity index (χ0n) is 17.1. The number of methoxy groups -OCH3 is 1. The summed E-state index contributed by atoms with van der Waals surface area (Å²) < 4.78 is 8.02. The van der Waals surface area contributed by atoms with Gasteiger partial charge in [0.25, 0.3) is 5.91 Å². The van der Waals surface area contributed by atoms with E-state index in [0.717, 1.165) is 11.3 Å². The summed E-state index contributed by atoms with van der Waals surface area (Å²) in [5.41, 5.74) is 2.87. The number of nitrogens with one attached hydrogen (secondary N) is 1. The molecule has 0 aliphatic rings. The van der Waals surface area contributed by atoms with Crippen LogP contribution in [0.3, 0.4) is 0 Å². The molecular formula is C23H21N5O3. The van der Waals surface area contributed by atoms with E-state index in [1.165, 1.54) is 7.11 Å². The topological polar surface area (TPSA) is 91.0 Å². The van der Waals surface area contributed by atoms with E-state index in [1.54, 1.807) is 21.8 Å². The average molecular weight is 415 g/mol. The van der Waals surface area contributed by atoms with E-state index in [-0.39, 0.29) is 11.4 Å². The van der Waals surface area contributed by atoms with Crippen LogP contribution in [-0.4, -0.2) is 38.5 Å². The number of esters is 1. The highest BCUT2D eigenvalue weighted by atomic mass is 16.5. The molecule has 156 valence electrons. The molecule has 0 atom stereocenters. The van der Waals surface area contributed by atoms with Gasteiger partial charge in [-0.1, -0.05) is 48.5 Å². The zero-order chi connectivity index (χ0) is 21.8. The van der Waals surface area contributed by atoms with Gasteiger partial charge in [0, 0.05) is 24.5 Å². The van der Waals surface area contributed by atoms with Crippen LogP contribution >= 0.6 is 0 Å². The number of hydrogen-bond donors (Lipinski definition) is 1. The van der Waals surface area contributed by atoms with Crippen molar-refractivity contribution in [1.29, 1.82) is 0 Å². The van der Waals surface area contributed by atoms with Crippen LogP contribution in [0.1, 0.15) is 27.8 Å². The van der Waals surface area contributed by atoms with Crippen molar-refractivity contribution >= 4 is 17.6 Å². The van der Waals surface area contributed by atoms with Crippen LogP contribution in [0.25, 0.3) is 16.9 Å². The van der Waals surface area contributed by atoms with E-state index in [4.69, 9.17) is 4.74 Å². The van der Waals surface area contributed by atoms with Gasteiger partial charge in [-0.05, 0) is 19.1 Å². The maximum Gasteiger partial charge on any atom is 0.360 e. The van der Waals surface area contributed by atoms with E-state index in [9.17, 15) is 9.59 Å². The van der Waals surface area contributed by atoms with Gasteiger partial charge in [-0.25, -0.2) is 9.48 Å². The van der Waals surface area contributed by atoms with Crippen LogP contribution in [0.2, 0.25) is 0 Å². The molecule has 0 bridgehead atoms. The van der Waals surface area contributed by atoms with E-state index in [0.29, 0.717) is 17.8 Å². The number of carbonyl (C=O) groups is 2. The monoisotopic (exact) mass is 415 g/mol. The highest BCUT2D eigenvalue weighted by molar-refractivity contribution is 6.10. The predicted octanol–water partition coefficient (Wildman–Crippen LogP) is 3.79. The number of amides is 1. The van der Waals surface area contributed by atoms with E-state index in [1.807, 2.05) is 67.6 Å². The number of benzene rings is 2. The lowest BCUT2D eigenvalue weighted by Gasteiger charge is -2.05. The maximum atomic E-state index is 13.3. The number of anilines is 1. The Morgan fingerprint density at radius 2 is 1.65 bits per heavy atom. The van der Waals surface area contributed by atoms with Crippen molar-refractivity contribution in [2.45, 2.75) is 13.5 Å². The van der Waals surface area contributed by atoms with Gasteiger partial charge in [0.05, 0.1) is 24.0 Å². The minimum Gasteiger partial charge on any atom is -0.464 e. The molecule has 2 aromatic carbocycles. The second-order valence-electron chi connectivity index (χ2n) is 6.73. The molecule has 2 heterocycles. The van der Waals surface area contributed by atoms with Crippen molar-refractivity contribution in [2.24, 2.45) is 0 Å². The standard InChI is InChI=1S/C23H21N5O3/c1-3-27-15-19(21(25-27)23(30)31-2)24-22(29)18-14-28(17-12-8-5-9-13-17)26-20(18)16-10-6-4-7-11-16/h4-15H,3H2,1-2H3,(H,24,29). The SMILES string of the molecule is CCn1cc(NC(=O)c2cn(-c3ccccc3)nc2-c2ccccc2)c(C(=O)OC)n1. The molecule has 8 nitrogen and oxygen atoms in total. The molecule has 0 fully saturated rings. The predicted molar refractivity (Wildman–Crippen MR) is 116 cm³/mol. The van der Waals surface area contributed by atoms with Gasteiger partial charge in [0.1, 0.15) is 5.69 Å². The summed E-state index contributed by atoms with van der Waals surface area (Å²) >= 11 is 0. The molecule has 0 radical (unpaired) electrons. The Hall–Kier alpha value is -4.20. The van der Waals surface area contributed by atoms with Crippen LogP contribution in [0, 0.1) is 0 Å². The molecule has 31 heavy (non-hydrogen) atoms. The molecule has 0 unspecified atom stereocenters. The molecule has 4 aromatic rings. The van der Waals surface area contributed by atoms with Crippen LogP contribution in [-0.2, 0) is 11.3 Å². The number of para-hydroxylation sites is 1. The summed E-state index contributed by atoms with van der Waals surface area (Å²) in [7, 11) is 1.27. The number of rotatable bonds is 6. The summed E-state index contributed by atoms with van der Waals surface area (Å²) in [5, 5.41) is 11.6. The number of nitrogens with zero attached hydrogens (tertiary/aromatic N) is 4. The Kier molecular flexibility index (Phi) is 5.61. The fraction of sp³-hybridized carbons (Fsp3) is 0.130. The number of ether oxygens (including phenoxy) is 1. The second-order valence-corrected chi connectivity index (χ2v) is 6.73. The Morgan fingerprint density at radius 3 is 2.29 bits per heavy atom. The molecule has 0 saturated carbocycles. The maximum absolute atomic E-state index is 13.3. The Morgan fingerprint density at radius 1 is 0.968 bits per heavy atom. The average Bonchev–Trinajstić information content (AvgIpc) is 3.44. The van der Waals surface area contributed by atoms with Gasteiger partial charge in [0.15, 0.2) is 5.69 Å². The summed E-state index contributed by atoms with van der Waals surface area (Å²) in [6.45, 7) is 2.43. The molecular weight excluding hydrogens is 394 g/mol. The van der Waals surface area contributed by atoms with Crippen molar-refractivity contribution < 1.29 is 14.3 Å². The van der Waals surface area contributed by atoms with Gasteiger partial charge in [0.2, 0.25) is 0 Å². The van der Waals surface area contributed by atoms with E-state index in [2.05, 4.69) is 15.5 Å². The largest absolute Gasteiger partial charge is 0.464 e. The summed E-state index contributed by atoms with van der Waals surface area (Å²) in [5.74, 6) is -1.02. The molecule has 8 heteroatoms.